The van der Waals surface area contributed by atoms with Gasteiger partial charge in [-0.1, -0.05) is 49.1 Å². The number of benzene rings is 1. The van der Waals surface area contributed by atoms with Crippen LogP contribution in [0.15, 0.2) is 24.3 Å². The predicted molar refractivity (Wildman–Crippen MR) is 80.3 cm³/mol. The molecule has 1 aromatic rings. The third-order valence-electron chi connectivity index (χ3n) is 4.79. The number of hydrogen-bond donors (Lipinski definition) is 1. The van der Waals surface area contributed by atoms with Crippen LogP contribution in [0.1, 0.15) is 43.2 Å². The van der Waals surface area contributed by atoms with Crippen molar-refractivity contribution in [1.82, 2.24) is 10.2 Å². The topological polar surface area (TPSA) is 15.3 Å². The van der Waals surface area contributed by atoms with Gasteiger partial charge < -0.3 is 5.32 Å². The van der Waals surface area contributed by atoms with Crippen LogP contribution in [0.3, 0.4) is 0 Å². The maximum absolute atomic E-state index is 3.82. The molecular weight excluding hydrogens is 232 g/mol. The van der Waals surface area contributed by atoms with Crippen molar-refractivity contribution in [2.45, 2.75) is 51.1 Å². The SMILES string of the molecule is Cc1ccc(CN2CCNC3(CCCCC3)C2)cc1. The Morgan fingerprint density at radius 1 is 1.11 bits per heavy atom. The summed E-state index contributed by atoms with van der Waals surface area (Å²) in [4.78, 5) is 2.65. The molecule has 2 aliphatic rings. The Bertz CT molecular complexity index is 398. The molecule has 104 valence electrons. The molecule has 2 fully saturated rings. The zero-order valence-corrected chi connectivity index (χ0v) is 12.1. The second kappa shape index (κ2) is 5.64. The van der Waals surface area contributed by atoms with E-state index in [-0.39, 0.29) is 0 Å². The standard InChI is InChI=1S/C17H26N2/c1-15-5-7-16(8-6-15)13-19-12-11-18-17(14-19)9-3-2-4-10-17/h5-8,18H,2-4,9-14H2,1H3. The molecule has 19 heavy (non-hydrogen) atoms. The first-order valence-electron chi connectivity index (χ1n) is 7.79. The first kappa shape index (κ1) is 13.1. The second-order valence-electron chi connectivity index (χ2n) is 6.46. The highest BCUT2D eigenvalue weighted by Crippen LogP contribution is 2.30. The van der Waals surface area contributed by atoms with Gasteiger partial charge in [0, 0.05) is 31.7 Å². The van der Waals surface area contributed by atoms with E-state index in [1.807, 2.05) is 0 Å². The van der Waals surface area contributed by atoms with E-state index in [2.05, 4.69) is 41.4 Å². The summed E-state index contributed by atoms with van der Waals surface area (Å²) in [5.74, 6) is 0. The molecule has 1 N–H and O–H groups in total. The van der Waals surface area contributed by atoms with Gasteiger partial charge in [-0.25, -0.2) is 0 Å². The first-order valence-corrected chi connectivity index (χ1v) is 7.79. The number of aryl methyl sites for hydroxylation is 1. The van der Waals surface area contributed by atoms with Gasteiger partial charge in [0.25, 0.3) is 0 Å². The smallest absolute Gasteiger partial charge is 0.0309 e. The van der Waals surface area contributed by atoms with E-state index in [4.69, 9.17) is 0 Å². The lowest BCUT2D eigenvalue weighted by molar-refractivity contribution is 0.0945. The third-order valence-corrected chi connectivity index (χ3v) is 4.79. The minimum Gasteiger partial charge on any atom is -0.309 e. The fourth-order valence-electron chi connectivity index (χ4n) is 3.69. The molecule has 0 bridgehead atoms. The molecule has 0 aromatic heterocycles. The highest BCUT2D eigenvalue weighted by Gasteiger charge is 2.35. The Morgan fingerprint density at radius 2 is 1.84 bits per heavy atom. The zero-order chi connectivity index (χ0) is 13.1. The van der Waals surface area contributed by atoms with Crippen molar-refractivity contribution in [3.05, 3.63) is 35.4 Å². The van der Waals surface area contributed by atoms with Crippen molar-refractivity contribution in [3.8, 4) is 0 Å². The van der Waals surface area contributed by atoms with Crippen LogP contribution in [-0.4, -0.2) is 30.1 Å². The van der Waals surface area contributed by atoms with E-state index in [0.29, 0.717) is 5.54 Å². The fourth-order valence-corrected chi connectivity index (χ4v) is 3.69. The summed E-state index contributed by atoms with van der Waals surface area (Å²) < 4.78 is 0. The van der Waals surface area contributed by atoms with Gasteiger partial charge in [0.15, 0.2) is 0 Å². The minimum absolute atomic E-state index is 0.432. The summed E-state index contributed by atoms with van der Waals surface area (Å²) in [6.07, 6.45) is 6.99. The molecule has 1 aliphatic heterocycles. The van der Waals surface area contributed by atoms with E-state index in [1.54, 1.807) is 0 Å². The molecule has 0 atom stereocenters. The van der Waals surface area contributed by atoms with Crippen molar-refractivity contribution < 1.29 is 0 Å². The van der Waals surface area contributed by atoms with Gasteiger partial charge >= 0.3 is 0 Å². The van der Waals surface area contributed by atoms with Crippen molar-refractivity contribution in [1.29, 1.82) is 0 Å². The van der Waals surface area contributed by atoms with E-state index in [9.17, 15) is 0 Å². The molecule has 1 saturated carbocycles. The maximum Gasteiger partial charge on any atom is 0.0309 e. The van der Waals surface area contributed by atoms with Crippen LogP contribution in [0.4, 0.5) is 0 Å². The Kier molecular flexibility index (Phi) is 3.90. The van der Waals surface area contributed by atoms with E-state index in [1.165, 1.54) is 56.3 Å². The van der Waals surface area contributed by atoms with Crippen LogP contribution in [0, 0.1) is 6.92 Å². The molecule has 1 aromatic carbocycles. The maximum atomic E-state index is 3.82. The quantitative estimate of drug-likeness (QED) is 0.877. The van der Waals surface area contributed by atoms with Gasteiger partial charge in [-0.2, -0.15) is 0 Å². The van der Waals surface area contributed by atoms with Crippen LogP contribution < -0.4 is 5.32 Å². The number of hydrogen-bond acceptors (Lipinski definition) is 2. The average Bonchev–Trinajstić information content (AvgIpc) is 2.42. The number of nitrogens with zero attached hydrogens (tertiary/aromatic N) is 1. The van der Waals surface area contributed by atoms with Gasteiger partial charge in [0.05, 0.1) is 0 Å². The summed E-state index contributed by atoms with van der Waals surface area (Å²) in [7, 11) is 0. The Labute approximate surface area is 117 Å². The zero-order valence-electron chi connectivity index (χ0n) is 12.1. The lowest BCUT2D eigenvalue weighted by Gasteiger charge is -2.46. The lowest BCUT2D eigenvalue weighted by atomic mass is 9.80. The molecule has 0 radical (unpaired) electrons. The summed E-state index contributed by atoms with van der Waals surface area (Å²) in [5, 5.41) is 3.82. The summed E-state index contributed by atoms with van der Waals surface area (Å²) in [6, 6.07) is 9.03. The molecule has 1 saturated heterocycles. The molecule has 2 nitrogen and oxygen atoms in total. The Balaban J connectivity index is 1.63. The van der Waals surface area contributed by atoms with Gasteiger partial charge in [-0.15, -0.1) is 0 Å². The van der Waals surface area contributed by atoms with Crippen LogP contribution in [0.25, 0.3) is 0 Å². The molecule has 0 amide bonds. The molecule has 1 spiro atoms. The first-order chi connectivity index (χ1) is 9.26. The number of nitrogens with one attached hydrogen (secondary N) is 1. The monoisotopic (exact) mass is 258 g/mol. The largest absolute Gasteiger partial charge is 0.309 e. The number of rotatable bonds is 2. The van der Waals surface area contributed by atoms with Gasteiger partial charge in [-0.05, 0) is 25.3 Å². The van der Waals surface area contributed by atoms with Gasteiger partial charge in [-0.3, -0.25) is 4.90 Å². The van der Waals surface area contributed by atoms with Crippen LogP contribution in [0.5, 0.6) is 0 Å². The van der Waals surface area contributed by atoms with E-state index >= 15 is 0 Å². The lowest BCUT2D eigenvalue weighted by Crippen LogP contribution is -2.60. The summed E-state index contributed by atoms with van der Waals surface area (Å²) in [6.45, 7) is 6.86. The van der Waals surface area contributed by atoms with Crippen LogP contribution in [0.2, 0.25) is 0 Å². The Hall–Kier alpha value is -0.860. The van der Waals surface area contributed by atoms with Crippen LogP contribution >= 0.6 is 0 Å². The summed E-state index contributed by atoms with van der Waals surface area (Å²) in [5.41, 5.74) is 3.24. The predicted octanol–water partition coefficient (Wildman–Crippen LogP) is 3.10. The average molecular weight is 258 g/mol. The van der Waals surface area contributed by atoms with E-state index in [0.717, 1.165) is 13.1 Å². The molecule has 2 heteroatoms. The highest BCUT2D eigenvalue weighted by atomic mass is 15.2. The molecular formula is C17H26N2. The van der Waals surface area contributed by atoms with Crippen molar-refractivity contribution in [2.75, 3.05) is 19.6 Å². The minimum atomic E-state index is 0.432. The third kappa shape index (κ3) is 3.18. The van der Waals surface area contributed by atoms with Crippen LogP contribution in [-0.2, 0) is 6.54 Å². The van der Waals surface area contributed by atoms with Crippen molar-refractivity contribution >= 4 is 0 Å². The summed E-state index contributed by atoms with van der Waals surface area (Å²) >= 11 is 0. The Morgan fingerprint density at radius 3 is 2.58 bits per heavy atom. The fraction of sp³-hybridized carbons (Fsp3) is 0.647. The molecule has 0 unspecified atom stereocenters. The van der Waals surface area contributed by atoms with E-state index < -0.39 is 0 Å². The van der Waals surface area contributed by atoms with Gasteiger partial charge in [0.2, 0.25) is 0 Å². The van der Waals surface area contributed by atoms with Crippen molar-refractivity contribution in [3.63, 3.8) is 0 Å². The number of piperazine rings is 1. The normalized spacial score (nSPS) is 23.6. The molecule has 3 rings (SSSR count). The second-order valence-corrected chi connectivity index (χ2v) is 6.46. The highest BCUT2D eigenvalue weighted by molar-refractivity contribution is 5.21. The molecule has 1 heterocycles. The van der Waals surface area contributed by atoms with Gasteiger partial charge in [0.1, 0.15) is 0 Å². The molecule has 1 aliphatic carbocycles. The van der Waals surface area contributed by atoms with Crippen molar-refractivity contribution in [2.24, 2.45) is 0 Å².